The molecule has 25 heteroatoms. The van der Waals surface area contributed by atoms with Crippen LogP contribution in [0.15, 0.2) is 71.9 Å². The summed E-state index contributed by atoms with van der Waals surface area (Å²) >= 11 is 0. The molecule has 0 aromatic heterocycles. The lowest BCUT2D eigenvalue weighted by atomic mass is 9.78. The zero-order valence-electron chi connectivity index (χ0n) is 53.2. The van der Waals surface area contributed by atoms with E-state index < -0.39 is 128 Å². The molecule has 1 aromatic rings. The smallest absolute Gasteiger partial charge is 0.409 e. The molecule has 88 heavy (non-hydrogen) atoms. The summed E-state index contributed by atoms with van der Waals surface area (Å²) < 4.78 is 59.8. The molecular formula is C63H97N3O20P2. The molecule has 5 rings (SSSR count). The summed E-state index contributed by atoms with van der Waals surface area (Å²) in [5, 5.41) is 21.4. The summed E-state index contributed by atoms with van der Waals surface area (Å²) in [5.74, 6) is -8.88. The van der Waals surface area contributed by atoms with E-state index in [9.17, 15) is 67.7 Å². The van der Waals surface area contributed by atoms with Gasteiger partial charge in [-0.25, -0.2) is 9.59 Å². The Labute approximate surface area is 518 Å². The average Bonchev–Trinajstić information content (AvgIpc) is 3.51. The van der Waals surface area contributed by atoms with Gasteiger partial charge in [-0.15, -0.1) is 0 Å². The molecule has 2 saturated heterocycles. The topological polar surface area (TPSA) is 323 Å². The van der Waals surface area contributed by atoms with Crippen molar-refractivity contribution in [1.82, 2.24) is 9.80 Å². The average molecular weight is 1280 g/mol. The van der Waals surface area contributed by atoms with E-state index in [0.717, 1.165) is 10.5 Å². The third-order valence-corrected chi connectivity index (χ3v) is 21.7. The summed E-state index contributed by atoms with van der Waals surface area (Å²) in [6.45, 7) is 12.9. The number of benzene rings is 1. The molecule has 15 atom stereocenters. The van der Waals surface area contributed by atoms with Crippen molar-refractivity contribution in [2.75, 3.05) is 60.0 Å². The van der Waals surface area contributed by atoms with Gasteiger partial charge in [0.2, 0.25) is 5.79 Å². The second kappa shape index (κ2) is 33.0. The molecule has 3 fully saturated rings. The Balaban J connectivity index is 1.36. The standard InChI is InChI=1S/C63H97N3O20P2/c1-38-18-14-13-15-19-39(2)52(81-10)36-48-27-21-44(7)63(74,86-48)58(70)59(71)66-29-17-16-20-49(66)60(72)84-53(37-50(67)40(3)33-43(6)56(69)57(83-12)55(68)42(5)32-38)41(4)34-45-22-28-51(54(35-45)82-11)85-62(73)65(9)31-30-64(8)47-25-23-46(24-26-47)61(87(75,76)77)88(78,79)80/h13-15,18-19,23-26,33,38,41-45,48-49,51-54,56-57,61,69,74H,16-17,20-22,27-32,34-37H2,1-12H3,(H2,75,76,77)(H2,78,79,80)/t38-,41-,42-,43?,44-,45+,48+,49?,51-,52+,53+,54-,56-,57+,63-/m1/s1. The van der Waals surface area contributed by atoms with Gasteiger partial charge >= 0.3 is 27.3 Å². The first-order chi connectivity index (χ1) is 41.2. The van der Waals surface area contributed by atoms with Gasteiger partial charge in [-0.2, -0.15) is 0 Å². The molecule has 3 heterocycles. The van der Waals surface area contributed by atoms with Crippen molar-refractivity contribution in [1.29, 1.82) is 0 Å². The number of ketones is 3. The lowest BCUT2D eigenvalue weighted by Crippen LogP contribution is -2.61. The fourth-order valence-electron chi connectivity index (χ4n) is 12.5. The van der Waals surface area contributed by atoms with Gasteiger partial charge in [-0.3, -0.25) is 28.3 Å². The normalized spacial score (nSPS) is 31.3. The molecule has 6 N–H and O–H groups in total. The summed E-state index contributed by atoms with van der Waals surface area (Å²) in [6, 6.07) is 4.15. The first-order valence-electron chi connectivity index (χ1n) is 30.6. The van der Waals surface area contributed by atoms with Crippen molar-refractivity contribution >= 4 is 56.2 Å². The highest BCUT2D eigenvalue weighted by molar-refractivity contribution is 7.70. The number of fused-ring (bicyclic) bond motifs is 3. The third-order valence-electron chi connectivity index (χ3n) is 18.1. The number of Topliss-reactive ketones (excluding diaryl/α,β-unsaturated/α-hetero) is 3. The number of rotatable bonds is 14. The van der Waals surface area contributed by atoms with Crippen molar-refractivity contribution in [2.45, 2.75) is 185 Å². The predicted octanol–water partition coefficient (Wildman–Crippen LogP) is 7.75. The largest absolute Gasteiger partial charge is 0.460 e. The van der Waals surface area contributed by atoms with Gasteiger partial charge in [0.25, 0.3) is 11.7 Å². The molecule has 3 aliphatic heterocycles. The van der Waals surface area contributed by atoms with Crippen LogP contribution in [-0.2, 0) is 61.5 Å². The lowest BCUT2D eigenvalue weighted by molar-refractivity contribution is -0.265. The van der Waals surface area contributed by atoms with Gasteiger partial charge in [0.15, 0.2) is 17.0 Å². The van der Waals surface area contributed by atoms with E-state index in [1.165, 1.54) is 43.4 Å². The van der Waals surface area contributed by atoms with Gasteiger partial charge < -0.3 is 72.9 Å². The molecule has 23 nitrogen and oxygen atoms in total. The van der Waals surface area contributed by atoms with E-state index in [1.807, 2.05) is 51.2 Å². The molecule has 1 saturated carbocycles. The minimum Gasteiger partial charge on any atom is -0.460 e. The van der Waals surface area contributed by atoms with Gasteiger partial charge in [0.1, 0.15) is 24.4 Å². The van der Waals surface area contributed by atoms with E-state index in [4.69, 9.17) is 28.4 Å². The molecule has 0 radical (unpaired) electrons. The number of cyclic esters (lactones) is 1. The minimum absolute atomic E-state index is 0.0198. The second-order valence-corrected chi connectivity index (χ2v) is 28.7. The highest BCUT2D eigenvalue weighted by atomic mass is 31.2. The maximum atomic E-state index is 14.7. The number of anilines is 1. The second-order valence-electron chi connectivity index (χ2n) is 24.9. The Morgan fingerprint density at radius 2 is 1.49 bits per heavy atom. The van der Waals surface area contributed by atoms with Crippen molar-refractivity contribution < 1.29 is 96.1 Å². The van der Waals surface area contributed by atoms with Crippen LogP contribution < -0.4 is 4.90 Å². The molecule has 2 unspecified atom stereocenters. The van der Waals surface area contributed by atoms with E-state index in [1.54, 1.807) is 59.9 Å². The fraction of sp³-hybridized carbons (Fsp3) is 0.683. The first kappa shape index (κ1) is 74.0. The maximum absolute atomic E-state index is 14.7. The number of methoxy groups -OCH3 is 3. The summed E-state index contributed by atoms with van der Waals surface area (Å²) in [4.78, 5) is 128. The summed E-state index contributed by atoms with van der Waals surface area (Å²) in [7, 11) is -2.72. The van der Waals surface area contributed by atoms with Crippen LogP contribution in [0.1, 0.15) is 136 Å². The van der Waals surface area contributed by atoms with Crippen LogP contribution in [0.3, 0.4) is 0 Å². The Morgan fingerprint density at radius 3 is 2.11 bits per heavy atom. The Morgan fingerprint density at radius 1 is 0.818 bits per heavy atom. The van der Waals surface area contributed by atoms with Crippen LogP contribution in [0.5, 0.6) is 0 Å². The molecule has 1 aliphatic carbocycles. The number of nitrogens with zero attached hydrogens (tertiary/aromatic N) is 3. The van der Waals surface area contributed by atoms with Crippen LogP contribution in [0, 0.1) is 35.5 Å². The number of amides is 2. The number of aliphatic hydroxyl groups is 2. The Kier molecular flexibility index (Phi) is 27.8. The van der Waals surface area contributed by atoms with Crippen LogP contribution in [0.4, 0.5) is 10.5 Å². The van der Waals surface area contributed by atoms with E-state index in [0.29, 0.717) is 63.5 Å². The number of hydrogen-bond acceptors (Lipinski definition) is 17. The van der Waals surface area contributed by atoms with E-state index in [-0.39, 0.29) is 67.7 Å². The molecule has 494 valence electrons. The zero-order valence-corrected chi connectivity index (χ0v) is 55.0. The molecule has 1 aromatic carbocycles. The predicted molar refractivity (Wildman–Crippen MR) is 329 cm³/mol. The number of likely N-dealkylation sites (N-methyl/N-ethyl adjacent to an activating group) is 2. The number of ether oxygens (including phenoxy) is 6. The number of piperidine rings is 1. The van der Waals surface area contributed by atoms with Crippen LogP contribution in [-0.4, -0.2) is 185 Å². The molecule has 2 bridgehead atoms. The zero-order chi connectivity index (χ0) is 65.6. The first-order valence-corrected chi connectivity index (χ1v) is 33.9. The fourth-order valence-corrected chi connectivity index (χ4v) is 15.2. The highest BCUT2D eigenvalue weighted by Gasteiger charge is 2.53. The molecule has 0 spiro atoms. The van der Waals surface area contributed by atoms with Gasteiger partial charge in [-0.1, -0.05) is 83.2 Å². The number of hydrogen-bond donors (Lipinski definition) is 6. The van der Waals surface area contributed by atoms with E-state index >= 15 is 0 Å². The quantitative estimate of drug-likeness (QED) is 0.0589. The number of carbonyl (C=O) groups excluding carboxylic acids is 6. The van der Waals surface area contributed by atoms with Crippen LogP contribution in [0.25, 0.3) is 0 Å². The Bertz CT molecular complexity index is 2760. The van der Waals surface area contributed by atoms with Gasteiger partial charge in [0, 0.05) is 91.3 Å². The number of carbonyl (C=O) groups is 6. The Hall–Kier alpha value is -4.74. The van der Waals surface area contributed by atoms with Crippen LogP contribution >= 0.6 is 15.2 Å². The summed E-state index contributed by atoms with van der Waals surface area (Å²) in [5.41, 5.74) is 1.41. The van der Waals surface area contributed by atoms with Crippen molar-refractivity contribution in [2.24, 2.45) is 35.5 Å². The highest BCUT2D eigenvalue weighted by Crippen LogP contribution is 2.69. The minimum atomic E-state index is -5.20. The lowest BCUT2D eigenvalue weighted by Gasteiger charge is -2.42. The number of allylic oxidation sites excluding steroid dienone is 6. The maximum Gasteiger partial charge on any atom is 0.409 e. The van der Waals surface area contributed by atoms with Crippen molar-refractivity contribution in [3.63, 3.8) is 0 Å². The van der Waals surface area contributed by atoms with Crippen molar-refractivity contribution in [3.8, 4) is 0 Å². The summed E-state index contributed by atoms with van der Waals surface area (Å²) in [6.07, 6.45) is 8.75. The number of esters is 1. The SMILES string of the molecule is CO[C@H]1C[C@@H]2CC[C@@H](C)[C@@](O)(O2)C(=O)C(=O)N2CCCCC2C(=O)O[C@H]([C@H](C)C[C@@H]2CC[C@@H](OC(=O)N(C)CCN(C)c3ccc(C(P(=O)(O)O)P(=O)(O)O)cc3)[C@H](OC)C2)CC(=O)C(C)=CC(C)[C@@H](O)[C@@H](OC)C(=O)[C@H](C)C[C@H](C)C=CC=CC=C1C. The van der Waals surface area contributed by atoms with Crippen molar-refractivity contribution in [3.05, 3.63) is 77.4 Å². The van der Waals surface area contributed by atoms with Gasteiger partial charge in [-0.05, 0) is 125 Å². The third kappa shape index (κ3) is 19.9. The van der Waals surface area contributed by atoms with Crippen LogP contribution in [0.2, 0.25) is 0 Å². The van der Waals surface area contributed by atoms with Gasteiger partial charge in [0.05, 0.1) is 24.4 Å². The molecule has 4 aliphatic rings. The monoisotopic (exact) mass is 1280 g/mol. The molecular weight excluding hydrogens is 1180 g/mol. The molecule has 2 amide bonds. The van der Waals surface area contributed by atoms with E-state index in [2.05, 4.69) is 0 Å². The number of aliphatic hydroxyl groups excluding tert-OH is 1.